The minimum absolute atomic E-state index is 0.255. The number of nitrogens with zero attached hydrogens (tertiary/aromatic N) is 2. The van der Waals surface area contributed by atoms with E-state index in [-0.39, 0.29) is 11.6 Å². The van der Waals surface area contributed by atoms with E-state index in [1.807, 2.05) is 49.6 Å². The number of aromatic nitrogens is 1. The summed E-state index contributed by atoms with van der Waals surface area (Å²) >= 11 is 1.52. The third-order valence-electron chi connectivity index (χ3n) is 3.63. The van der Waals surface area contributed by atoms with Gasteiger partial charge in [0.2, 0.25) is 0 Å². The van der Waals surface area contributed by atoms with E-state index in [2.05, 4.69) is 10.3 Å². The second-order valence-electron chi connectivity index (χ2n) is 5.78. The highest BCUT2D eigenvalue weighted by Gasteiger charge is 2.17. The van der Waals surface area contributed by atoms with Gasteiger partial charge in [0.15, 0.2) is 4.80 Å². The summed E-state index contributed by atoms with van der Waals surface area (Å²) in [5.74, 6) is 0. The van der Waals surface area contributed by atoms with E-state index in [9.17, 15) is 4.79 Å². The summed E-state index contributed by atoms with van der Waals surface area (Å²) < 4.78 is 8.30. The number of carbonyl (C=O) groups is 1. The lowest BCUT2D eigenvalue weighted by atomic mass is 10.0. The van der Waals surface area contributed by atoms with Crippen molar-refractivity contribution in [2.75, 3.05) is 13.7 Å². The number of urea groups is 1. The minimum Gasteiger partial charge on any atom is -0.383 e. The fraction of sp³-hybridized carbons (Fsp3) is 0.500. The maximum atomic E-state index is 12.2. The number of hydrogen-bond donors (Lipinski definition) is 1. The number of fused-ring (bicyclic) bond motifs is 1. The normalized spacial score (nSPS) is 12.8. The topological polar surface area (TPSA) is 55.6 Å². The van der Waals surface area contributed by atoms with Crippen LogP contribution < -0.4 is 10.1 Å². The molecule has 22 heavy (non-hydrogen) atoms. The van der Waals surface area contributed by atoms with Crippen molar-refractivity contribution in [3.63, 3.8) is 0 Å². The van der Waals surface area contributed by atoms with Crippen LogP contribution in [0.2, 0.25) is 0 Å². The molecule has 2 aromatic rings. The molecule has 0 saturated heterocycles. The molecule has 0 aliphatic heterocycles. The molecule has 0 saturated carbocycles. The lowest BCUT2D eigenvalue weighted by Gasteiger charge is -2.22. The number of hydrogen-bond acceptors (Lipinski definition) is 3. The zero-order valence-corrected chi connectivity index (χ0v) is 14.4. The molecule has 0 radical (unpaired) electrons. The number of methoxy groups -OCH3 is 1. The third-order valence-corrected chi connectivity index (χ3v) is 4.69. The molecule has 0 fully saturated rings. The second kappa shape index (κ2) is 7.07. The van der Waals surface area contributed by atoms with Gasteiger partial charge in [0.1, 0.15) is 0 Å². The van der Waals surface area contributed by atoms with Crippen LogP contribution in [0.1, 0.15) is 27.2 Å². The third kappa shape index (κ3) is 3.96. The van der Waals surface area contributed by atoms with E-state index in [0.29, 0.717) is 18.0 Å². The number of amides is 2. The lowest BCUT2D eigenvalue weighted by molar-refractivity contribution is 0.187. The van der Waals surface area contributed by atoms with Crippen LogP contribution in [0.3, 0.4) is 0 Å². The SMILES string of the molecule is CCC(C)(C)NC(=O)N=c1sc2ccccc2n1CCOC. The number of ether oxygens (including phenoxy) is 1. The Bertz CT molecular complexity index is 715. The number of nitrogens with one attached hydrogen (secondary N) is 1. The van der Waals surface area contributed by atoms with Crippen molar-refractivity contribution in [2.45, 2.75) is 39.3 Å². The van der Waals surface area contributed by atoms with Crippen molar-refractivity contribution in [2.24, 2.45) is 4.99 Å². The van der Waals surface area contributed by atoms with Crippen molar-refractivity contribution in [3.05, 3.63) is 29.1 Å². The van der Waals surface area contributed by atoms with Gasteiger partial charge in [-0.25, -0.2) is 4.79 Å². The first-order valence-corrected chi connectivity index (χ1v) is 8.22. The Balaban J connectivity index is 2.40. The van der Waals surface area contributed by atoms with Gasteiger partial charge in [0.05, 0.1) is 16.8 Å². The molecule has 0 aliphatic carbocycles. The Morgan fingerprint density at radius 1 is 1.41 bits per heavy atom. The van der Waals surface area contributed by atoms with Gasteiger partial charge in [-0.15, -0.1) is 0 Å². The molecule has 1 aromatic heterocycles. The molecule has 0 spiro atoms. The van der Waals surface area contributed by atoms with Crippen molar-refractivity contribution >= 4 is 27.6 Å². The predicted octanol–water partition coefficient (Wildman–Crippen LogP) is 3.15. The van der Waals surface area contributed by atoms with Crippen LogP contribution in [0, 0.1) is 0 Å². The van der Waals surface area contributed by atoms with Crippen LogP contribution in [-0.4, -0.2) is 29.9 Å². The summed E-state index contributed by atoms with van der Waals surface area (Å²) in [4.78, 5) is 17.1. The molecule has 0 aliphatic rings. The van der Waals surface area contributed by atoms with Gasteiger partial charge in [-0.05, 0) is 32.4 Å². The van der Waals surface area contributed by atoms with E-state index < -0.39 is 0 Å². The molecule has 120 valence electrons. The van der Waals surface area contributed by atoms with Gasteiger partial charge in [0, 0.05) is 19.2 Å². The van der Waals surface area contributed by atoms with Crippen molar-refractivity contribution in [3.8, 4) is 0 Å². The summed E-state index contributed by atoms with van der Waals surface area (Å²) in [5, 5.41) is 2.94. The number of rotatable bonds is 5. The standard InChI is InChI=1S/C16H23N3O2S/c1-5-16(2,3)18-14(20)17-15-19(10-11-21-4)12-8-6-7-9-13(12)22-15/h6-9H,5,10-11H2,1-4H3,(H,18,20). The molecule has 1 aromatic carbocycles. The molecule has 0 bridgehead atoms. The molecule has 2 amide bonds. The van der Waals surface area contributed by atoms with Gasteiger partial charge in [-0.1, -0.05) is 30.4 Å². The molecule has 2 rings (SSSR count). The van der Waals surface area contributed by atoms with E-state index in [0.717, 1.165) is 16.6 Å². The van der Waals surface area contributed by atoms with Gasteiger partial charge < -0.3 is 14.6 Å². The summed E-state index contributed by atoms with van der Waals surface area (Å²) in [6.45, 7) is 7.27. The Hall–Kier alpha value is -1.66. The second-order valence-corrected chi connectivity index (χ2v) is 6.79. The molecule has 6 heteroatoms. The van der Waals surface area contributed by atoms with Gasteiger partial charge in [-0.2, -0.15) is 4.99 Å². The highest BCUT2D eigenvalue weighted by Crippen LogP contribution is 2.16. The lowest BCUT2D eigenvalue weighted by Crippen LogP contribution is -2.42. The molecule has 0 unspecified atom stereocenters. The van der Waals surface area contributed by atoms with Crippen LogP contribution in [0.4, 0.5) is 4.79 Å². The molecule has 5 nitrogen and oxygen atoms in total. The largest absolute Gasteiger partial charge is 0.383 e. The number of thiazole rings is 1. The van der Waals surface area contributed by atoms with Crippen LogP contribution in [0.15, 0.2) is 29.3 Å². The van der Waals surface area contributed by atoms with Crippen LogP contribution in [0.25, 0.3) is 10.2 Å². The van der Waals surface area contributed by atoms with Crippen molar-refractivity contribution in [1.82, 2.24) is 9.88 Å². The smallest absolute Gasteiger partial charge is 0.344 e. The summed E-state index contributed by atoms with van der Waals surface area (Å²) in [7, 11) is 1.67. The average Bonchev–Trinajstić information content (AvgIpc) is 2.81. The summed E-state index contributed by atoms with van der Waals surface area (Å²) in [6, 6.07) is 7.75. The molecule has 1 heterocycles. The van der Waals surface area contributed by atoms with E-state index in [1.54, 1.807) is 7.11 Å². The molecule has 0 atom stereocenters. The first kappa shape index (κ1) is 16.7. The quantitative estimate of drug-likeness (QED) is 0.920. The monoisotopic (exact) mass is 321 g/mol. The minimum atomic E-state index is -0.301. The average molecular weight is 321 g/mol. The van der Waals surface area contributed by atoms with E-state index in [1.165, 1.54) is 11.3 Å². The predicted molar refractivity (Wildman–Crippen MR) is 90.2 cm³/mol. The zero-order chi connectivity index (χ0) is 16.2. The van der Waals surface area contributed by atoms with Crippen LogP contribution >= 0.6 is 11.3 Å². The summed E-state index contributed by atoms with van der Waals surface area (Å²) in [6.07, 6.45) is 0.852. The highest BCUT2D eigenvalue weighted by molar-refractivity contribution is 7.16. The number of para-hydroxylation sites is 1. The molecule has 1 N–H and O–H groups in total. The Kier molecular flexibility index (Phi) is 5.37. The van der Waals surface area contributed by atoms with Gasteiger partial charge >= 0.3 is 6.03 Å². The molecular weight excluding hydrogens is 298 g/mol. The Morgan fingerprint density at radius 3 is 2.82 bits per heavy atom. The molecular formula is C16H23N3O2S. The fourth-order valence-electron chi connectivity index (χ4n) is 2.00. The van der Waals surface area contributed by atoms with Crippen molar-refractivity contribution < 1.29 is 9.53 Å². The van der Waals surface area contributed by atoms with Gasteiger partial charge in [0.25, 0.3) is 0 Å². The first-order chi connectivity index (χ1) is 10.5. The van der Waals surface area contributed by atoms with Crippen LogP contribution in [-0.2, 0) is 11.3 Å². The van der Waals surface area contributed by atoms with Crippen LogP contribution in [0.5, 0.6) is 0 Å². The van der Waals surface area contributed by atoms with Gasteiger partial charge in [-0.3, -0.25) is 0 Å². The summed E-state index contributed by atoms with van der Waals surface area (Å²) in [5.41, 5.74) is 0.820. The first-order valence-electron chi connectivity index (χ1n) is 7.41. The van der Waals surface area contributed by atoms with Crippen molar-refractivity contribution in [1.29, 1.82) is 0 Å². The number of benzene rings is 1. The maximum Gasteiger partial charge on any atom is 0.344 e. The van der Waals surface area contributed by atoms with E-state index >= 15 is 0 Å². The maximum absolute atomic E-state index is 12.2. The highest BCUT2D eigenvalue weighted by atomic mass is 32.1. The Labute approximate surface area is 134 Å². The Morgan fingerprint density at radius 2 is 2.14 bits per heavy atom. The number of carbonyl (C=O) groups excluding carboxylic acids is 1. The van der Waals surface area contributed by atoms with E-state index in [4.69, 9.17) is 4.74 Å². The fourth-order valence-corrected chi connectivity index (χ4v) is 3.05. The zero-order valence-electron chi connectivity index (χ0n) is 13.5.